The van der Waals surface area contributed by atoms with Gasteiger partial charge in [-0.25, -0.2) is 9.78 Å². The molecule has 2 aromatic rings. The molecular formula is C16H18Cl2N2O2. The number of benzene rings is 1. The molecule has 0 fully saturated rings. The number of hydrogen-bond acceptors (Lipinski definition) is 3. The van der Waals surface area contributed by atoms with E-state index in [1.54, 1.807) is 25.3 Å². The molecule has 0 saturated heterocycles. The molecule has 1 aromatic carbocycles. The largest absolute Gasteiger partial charge is 0.455 e. The summed E-state index contributed by atoms with van der Waals surface area (Å²) in [5.74, 6) is -0.542. The van der Waals surface area contributed by atoms with E-state index >= 15 is 0 Å². The smallest absolute Gasteiger partial charge is 0.358 e. The number of halogens is 2. The minimum absolute atomic E-state index is 0.0435. The van der Waals surface area contributed by atoms with Gasteiger partial charge < -0.3 is 9.30 Å². The summed E-state index contributed by atoms with van der Waals surface area (Å²) in [6, 6.07) is 9.47. The molecule has 1 aromatic heterocycles. The molecule has 0 amide bonds. The van der Waals surface area contributed by atoms with E-state index in [9.17, 15) is 4.79 Å². The third kappa shape index (κ3) is 3.62. The third-order valence-electron chi connectivity index (χ3n) is 3.09. The van der Waals surface area contributed by atoms with Gasteiger partial charge in [0.15, 0.2) is 10.8 Å². The first-order valence-electron chi connectivity index (χ1n) is 6.92. The lowest BCUT2D eigenvalue weighted by Crippen LogP contribution is -2.26. The van der Waals surface area contributed by atoms with E-state index in [1.165, 1.54) is 0 Å². The van der Waals surface area contributed by atoms with Gasteiger partial charge in [-0.15, -0.1) is 0 Å². The van der Waals surface area contributed by atoms with Crippen molar-refractivity contribution in [3.63, 3.8) is 0 Å². The SMILES string of the molecule is C[C@H](c1ccccc1)n1c(Cl)nc(Cl)c1C(=O)OC(C)(C)C. The Morgan fingerprint density at radius 1 is 1.23 bits per heavy atom. The molecule has 4 nitrogen and oxygen atoms in total. The zero-order chi connectivity index (χ0) is 16.5. The van der Waals surface area contributed by atoms with Crippen molar-refractivity contribution in [1.29, 1.82) is 0 Å². The zero-order valence-corrected chi connectivity index (χ0v) is 14.4. The number of ether oxygens (including phenoxy) is 1. The molecule has 1 atom stereocenters. The molecule has 0 saturated carbocycles. The first-order valence-corrected chi connectivity index (χ1v) is 7.68. The van der Waals surface area contributed by atoms with E-state index in [1.807, 2.05) is 37.3 Å². The maximum atomic E-state index is 12.4. The first kappa shape index (κ1) is 16.8. The summed E-state index contributed by atoms with van der Waals surface area (Å²) in [5.41, 5.74) is 0.527. The minimum Gasteiger partial charge on any atom is -0.455 e. The van der Waals surface area contributed by atoms with E-state index in [0.29, 0.717) is 0 Å². The van der Waals surface area contributed by atoms with Crippen molar-refractivity contribution in [3.8, 4) is 0 Å². The second-order valence-corrected chi connectivity index (χ2v) is 6.67. The Balaban J connectivity index is 2.46. The Morgan fingerprint density at radius 2 is 1.82 bits per heavy atom. The predicted octanol–water partition coefficient (Wildman–Crippen LogP) is 4.75. The molecule has 1 heterocycles. The summed E-state index contributed by atoms with van der Waals surface area (Å²) in [7, 11) is 0. The van der Waals surface area contributed by atoms with Crippen LogP contribution in [0.2, 0.25) is 10.4 Å². The molecule has 0 radical (unpaired) electrons. The number of esters is 1. The third-order valence-corrected chi connectivity index (χ3v) is 3.62. The summed E-state index contributed by atoms with van der Waals surface area (Å²) in [5, 5.41) is 0.198. The Morgan fingerprint density at radius 3 is 2.36 bits per heavy atom. The van der Waals surface area contributed by atoms with Crippen LogP contribution >= 0.6 is 23.2 Å². The van der Waals surface area contributed by atoms with Gasteiger partial charge in [0.1, 0.15) is 5.60 Å². The van der Waals surface area contributed by atoms with Crippen LogP contribution < -0.4 is 0 Å². The maximum absolute atomic E-state index is 12.4. The van der Waals surface area contributed by atoms with Crippen molar-refractivity contribution in [3.05, 3.63) is 52.0 Å². The lowest BCUT2D eigenvalue weighted by atomic mass is 10.1. The van der Waals surface area contributed by atoms with Crippen LogP contribution in [0.15, 0.2) is 30.3 Å². The van der Waals surface area contributed by atoms with Gasteiger partial charge >= 0.3 is 5.97 Å². The van der Waals surface area contributed by atoms with Gasteiger partial charge in [-0.2, -0.15) is 0 Å². The number of rotatable bonds is 3. The molecule has 0 N–H and O–H groups in total. The summed E-state index contributed by atoms with van der Waals surface area (Å²) in [6.07, 6.45) is 0. The lowest BCUT2D eigenvalue weighted by Gasteiger charge is -2.22. The molecule has 0 aliphatic rings. The molecule has 0 spiro atoms. The Hall–Kier alpha value is -1.52. The molecular weight excluding hydrogens is 323 g/mol. The molecule has 0 bridgehead atoms. The normalized spacial score (nSPS) is 13.0. The van der Waals surface area contributed by atoms with Gasteiger partial charge in [0.25, 0.3) is 0 Å². The van der Waals surface area contributed by atoms with Crippen LogP contribution in [0, 0.1) is 0 Å². The number of imidazole rings is 1. The highest BCUT2D eigenvalue weighted by atomic mass is 35.5. The quantitative estimate of drug-likeness (QED) is 0.757. The predicted molar refractivity (Wildman–Crippen MR) is 87.7 cm³/mol. The topological polar surface area (TPSA) is 44.1 Å². The summed E-state index contributed by atoms with van der Waals surface area (Å²) >= 11 is 12.3. The van der Waals surface area contributed by atoms with Crippen molar-refractivity contribution in [2.24, 2.45) is 0 Å². The van der Waals surface area contributed by atoms with Gasteiger partial charge in [-0.05, 0) is 44.9 Å². The standard InChI is InChI=1S/C16H18Cl2N2O2/c1-10(11-8-6-5-7-9-11)20-12(13(17)19-15(20)18)14(21)22-16(2,3)4/h5-10H,1-4H3/t10-/m1/s1. The zero-order valence-electron chi connectivity index (χ0n) is 12.9. The fourth-order valence-electron chi connectivity index (χ4n) is 2.12. The van der Waals surface area contributed by atoms with Crippen molar-refractivity contribution < 1.29 is 9.53 Å². The second kappa shape index (κ2) is 6.31. The van der Waals surface area contributed by atoms with Gasteiger partial charge in [-0.1, -0.05) is 41.9 Å². The van der Waals surface area contributed by atoms with Crippen LogP contribution in [-0.4, -0.2) is 21.1 Å². The van der Waals surface area contributed by atoms with Crippen LogP contribution in [0.25, 0.3) is 0 Å². The van der Waals surface area contributed by atoms with Crippen LogP contribution in [0.4, 0.5) is 0 Å². The average molecular weight is 341 g/mol. The van der Waals surface area contributed by atoms with Crippen LogP contribution in [-0.2, 0) is 4.74 Å². The van der Waals surface area contributed by atoms with Gasteiger partial charge in [0, 0.05) is 0 Å². The monoisotopic (exact) mass is 340 g/mol. The van der Waals surface area contributed by atoms with E-state index in [0.717, 1.165) is 5.56 Å². The lowest BCUT2D eigenvalue weighted by molar-refractivity contribution is 0.00569. The number of carbonyl (C=O) groups is 1. The van der Waals surface area contributed by atoms with Crippen LogP contribution in [0.3, 0.4) is 0 Å². The molecule has 0 aliphatic heterocycles. The molecule has 0 aliphatic carbocycles. The first-order chi connectivity index (χ1) is 10.2. The van der Waals surface area contributed by atoms with E-state index in [4.69, 9.17) is 27.9 Å². The number of hydrogen-bond donors (Lipinski definition) is 0. The van der Waals surface area contributed by atoms with E-state index in [-0.39, 0.29) is 22.2 Å². The van der Waals surface area contributed by atoms with Gasteiger partial charge in [0.2, 0.25) is 5.28 Å². The summed E-state index contributed by atoms with van der Waals surface area (Å²) in [6.45, 7) is 7.30. The highest BCUT2D eigenvalue weighted by Gasteiger charge is 2.29. The maximum Gasteiger partial charge on any atom is 0.358 e. The Kier molecular flexibility index (Phi) is 4.83. The average Bonchev–Trinajstić information content (AvgIpc) is 2.71. The fraction of sp³-hybridized carbons (Fsp3) is 0.375. The highest BCUT2D eigenvalue weighted by molar-refractivity contribution is 6.34. The molecule has 0 unspecified atom stereocenters. The van der Waals surface area contributed by atoms with Gasteiger partial charge in [0.05, 0.1) is 6.04 Å². The van der Waals surface area contributed by atoms with Crippen molar-refractivity contribution >= 4 is 29.2 Å². The van der Waals surface area contributed by atoms with Gasteiger partial charge in [-0.3, -0.25) is 0 Å². The number of nitrogens with zero attached hydrogens (tertiary/aromatic N) is 2. The van der Waals surface area contributed by atoms with E-state index < -0.39 is 11.6 Å². The summed E-state index contributed by atoms with van der Waals surface area (Å²) in [4.78, 5) is 16.4. The fourth-order valence-corrected chi connectivity index (χ4v) is 2.73. The van der Waals surface area contributed by atoms with Crippen molar-refractivity contribution in [1.82, 2.24) is 9.55 Å². The molecule has 2 rings (SSSR count). The second-order valence-electron chi connectivity index (χ2n) is 5.98. The Bertz CT molecular complexity index is 675. The van der Waals surface area contributed by atoms with E-state index in [2.05, 4.69) is 4.98 Å². The van der Waals surface area contributed by atoms with Crippen molar-refractivity contribution in [2.75, 3.05) is 0 Å². The molecule has 22 heavy (non-hydrogen) atoms. The van der Waals surface area contributed by atoms with Crippen molar-refractivity contribution in [2.45, 2.75) is 39.3 Å². The number of aromatic nitrogens is 2. The number of carbonyl (C=O) groups excluding carboxylic acids is 1. The minimum atomic E-state index is -0.627. The van der Waals surface area contributed by atoms with Crippen LogP contribution in [0.1, 0.15) is 49.8 Å². The Labute approximate surface area is 140 Å². The van der Waals surface area contributed by atoms with Crippen LogP contribution in [0.5, 0.6) is 0 Å². The summed E-state index contributed by atoms with van der Waals surface area (Å²) < 4.78 is 6.99. The highest BCUT2D eigenvalue weighted by Crippen LogP contribution is 2.30. The molecule has 6 heteroatoms. The molecule has 118 valence electrons.